The minimum Gasteiger partial charge on any atom is -0.311 e. The molecule has 0 bridgehead atoms. The first-order valence-electron chi connectivity index (χ1n) is 8.55. The van der Waals surface area contributed by atoms with E-state index in [-0.39, 0.29) is 5.91 Å². The summed E-state index contributed by atoms with van der Waals surface area (Å²) in [7, 11) is 0. The van der Waals surface area contributed by atoms with E-state index >= 15 is 0 Å². The molecule has 3 aromatic rings. The second kappa shape index (κ2) is 7.34. The van der Waals surface area contributed by atoms with Crippen LogP contribution >= 0.6 is 0 Å². The summed E-state index contributed by atoms with van der Waals surface area (Å²) in [5, 5.41) is 7.72. The van der Waals surface area contributed by atoms with Crippen molar-refractivity contribution < 1.29 is 4.79 Å². The normalized spacial score (nSPS) is 10.9. The molecule has 4 nitrogen and oxygen atoms in total. The molecule has 0 atom stereocenters. The standard InChI is InChI=1S/C21H23N3O/c1-15(2)13-21(25)22-20-14-19(17-7-5-4-6-8-17)23-24(20)18-11-9-16(3)10-12-18/h4-12,14-15H,13H2,1-3H3,(H,22,25). The van der Waals surface area contributed by atoms with Gasteiger partial charge in [-0.3, -0.25) is 4.79 Å². The van der Waals surface area contributed by atoms with E-state index in [4.69, 9.17) is 5.10 Å². The molecule has 1 amide bonds. The average molecular weight is 333 g/mol. The quantitative estimate of drug-likeness (QED) is 0.727. The summed E-state index contributed by atoms with van der Waals surface area (Å²) in [6, 6.07) is 20.0. The third kappa shape index (κ3) is 4.15. The molecule has 0 unspecified atom stereocenters. The minimum absolute atomic E-state index is 0.00266. The van der Waals surface area contributed by atoms with Crippen molar-refractivity contribution in [2.75, 3.05) is 5.32 Å². The SMILES string of the molecule is Cc1ccc(-n2nc(-c3ccccc3)cc2NC(=O)CC(C)C)cc1. The van der Waals surface area contributed by atoms with Gasteiger partial charge in [0.2, 0.25) is 5.91 Å². The van der Waals surface area contributed by atoms with Crippen molar-refractivity contribution in [1.82, 2.24) is 9.78 Å². The Labute approximate surface area is 148 Å². The van der Waals surface area contributed by atoms with Gasteiger partial charge in [0.05, 0.1) is 11.4 Å². The van der Waals surface area contributed by atoms with Gasteiger partial charge in [-0.25, -0.2) is 4.68 Å². The van der Waals surface area contributed by atoms with Gasteiger partial charge in [-0.15, -0.1) is 0 Å². The fourth-order valence-corrected chi connectivity index (χ4v) is 2.67. The average Bonchev–Trinajstić information content (AvgIpc) is 2.99. The van der Waals surface area contributed by atoms with Crippen molar-refractivity contribution in [2.45, 2.75) is 27.2 Å². The van der Waals surface area contributed by atoms with Crippen LogP contribution in [0.15, 0.2) is 60.7 Å². The largest absolute Gasteiger partial charge is 0.311 e. The van der Waals surface area contributed by atoms with Gasteiger partial charge < -0.3 is 5.32 Å². The van der Waals surface area contributed by atoms with Crippen molar-refractivity contribution in [2.24, 2.45) is 5.92 Å². The summed E-state index contributed by atoms with van der Waals surface area (Å²) < 4.78 is 1.79. The predicted octanol–water partition coefficient (Wildman–Crippen LogP) is 4.83. The Kier molecular flexibility index (Phi) is 4.98. The lowest BCUT2D eigenvalue weighted by atomic mass is 10.1. The number of aromatic nitrogens is 2. The van der Waals surface area contributed by atoms with Crippen LogP contribution in [0.3, 0.4) is 0 Å². The van der Waals surface area contributed by atoms with Crippen molar-refractivity contribution >= 4 is 11.7 Å². The van der Waals surface area contributed by atoms with Crippen LogP contribution in [0.5, 0.6) is 0 Å². The van der Waals surface area contributed by atoms with Gasteiger partial charge in [-0.05, 0) is 25.0 Å². The van der Waals surface area contributed by atoms with Crippen molar-refractivity contribution in [3.05, 3.63) is 66.2 Å². The van der Waals surface area contributed by atoms with Gasteiger partial charge >= 0.3 is 0 Å². The lowest BCUT2D eigenvalue weighted by molar-refractivity contribution is -0.116. The number of nitrogens with zero attached hydrogens (tertiary/aromatic N) is 2. The van der Waals surface area contributed by atoms with Crippen LogP contribution in [0.4, 0.5) is 5.82 Å². The van der Waals surface area contributed by atoms with E-state index in [9.17, 15) is 4.79 Å². The predicted molar refractivity (Wildman–Crippen MR) is 102 cm³/mol. The van der Waals surface area contributed by atoms with E-state index in [2.05, 4.69) is 5.32 Å². The molecule has 3 rings (SSSR count). The fourth-order valence-electron chi connectivity index (χ4n) is 2.67. The molecule has 0 aliphatic carbocycles. The topological polar surface area (TPSA) is 46.9 Å². The van der Waals surface area contributed by atoms with Gasteiger partial charge in [-0.1, -0.05) is 61.9 Å². The molecule has 2 aromatic carbocycles. The number of carbonyl (C=O) groups is 1. The number of anilines is 1. The summed E-state index contributed by atoms with van der Waals surface area (Å²) in [5.41, 5.74) is 3.96. The van der Waals surface area contributed by atoms with E-state index in [0.29, 0.717) is 18.2 Å². The van der Waals surface area contributed by atoms with Crippen LogP contribution in [-0.2, 0) is 4.79 Å². The first kappa shape index (κ1) is 17.0. The fraction of sp³-hybridized carbons (Fsp3) is 0.238. The van der Waals surface area contributed by atoms with Crippen LogP contribution in [0.1, 0.15) is 25.8 Å². The highest BCUT2D eigenvalue weighted by Crippen LogP contribution is 2.25. The number of hydrogen-bond acceptors (Lipinski definition) is 2. The highest BCUT2D eigenvalue weighted by Gasteiger charge is 2.14. The molecule has 1 heterocycles. The van der Waals surface area contributed by atoms with Crippen LogP contribution in [-0.4, -0.2) is 15.7 Å². The van der Waals surface area contributed by atoms with Crippen molar-refractivity contribution in [3.8, 4) is 16.9 Å². The zero-order valence-electron chi connectivity index (χ0n) is 14.9. The first-order valence-corrected chi connectivity index (χ1v) is 8.55. The van der Waals surface area contributed by atoms with E-state index in [1.807, 2.05) is 81.4 Å². The summed E-state index contributed by atoms with van der Waals surface area (Å²) in [5.74, 6) is 1.00. The van der Waals surface area contributed by atoms with Crippen LogP contribution in [0.25, 0.3) is 16.9 Å². The number of carbonyl (C=O) groups excluding carboxylic acids is 1. The molecule has 4 heteroatoms. The number of aryl methyl sites for hydroxylation is 1. The minimum atomic E-state index is 0.00266. The maximum Gasteiger partial charge on any atom is 0.225 e. The van der Waals surface area contributed by atoms with Gasteiger partial charge in [0.15, 0.2) is 0 Å². The molecule has 0 saturated heterocycles. The number of nitrogens with one attached hydrogen (secondary N) is 1. The lowest BCUT2D eigenvalue weighted by Gasteiger charge is -2.10. The number of benzene rings is 2. The van der Waals surface area contributed by atoms with Gasteiger partial charge in [-0.2, -0.15) is 5.10 Å². The Morgan fingerprint density at radius 3 is 2.40 bits per heavy atom. The zero-order valence-corrected chi connectivity index (χ0v) is 14.9. The maximum absolute atomic E-state index is 12.3. The molecule has 0 aliphatic heterocycles. The van der Waals surface area contributed by atoms with Gasteiger partial charge in [0.25, 0.3) is 0 Å². The summed E-state index contributed by atoms with van der Waals surface area (Å²) in [4.78, 5) is 12.3. The van der Waals surface area contributed by atoms with E-state index in [1.165, 1.54) is 5.56 Å². The molecule has 25 heavy (non-hydrogen) atoms. The lowest BCUT2D eigenvalue weighted by Crippen LogP contribution is -2.16. The van der Waals surface area contributed by atoms with Crippen molar-refractivity contribution in [3.63, 3.8) is 0 Å². The van der Waals surface area contributed by atoms with E-state index in [1.54, 1.807) is 4.68 Å². The Morgan fingerprint density at radius 2 is 1.76 bits per heavy atom. The molecule has 0 saturated carbocycles. The Hall–Kier alpha value is -2.88. The van der Waals surface area contributed by atoms with Gasteiger partial charge in [0.1, 0.15) is 5.82 Å². The molecule has 0 aliphatic rings. The highest BCUT2D eigenvalue weighted by atomic mass is 16.1. The van der Waals surface area contributed by atoms with Crippen LogP contribution in [0.2, 0.25) is 0 Å². The van der Waals surface area contributed by atoms with Crippen LogP contribution in [0, 0.1) is 12.8 Å². The van der Waals surface area contributed by atoms with Gasteiger partial charge in [0, 0.05) is 18.1 Å². The zero-order chi connectivity index (χ0) is 17.8. The third-order valence-corrected chi connectivity index (χ3v) is 3.92. The van der Waals surface area contributed by atoms with Crippen LogP contribution < -0.4 is 5.32 Å². The molecule has 0 fully saturated rings. The molecule has 128 valence electrons. The monoisotopic (exact) mass is 333 g/mol. The number of amides is 1. The summed E-state index contributed by atoms with van der Waals surface area (Å²) in [6.07, 6.45) is 0.486. The Bertz CT molecular complexity index is 849. The summed E-state index contributed by atoms with van der Waals surface area (Å²) >= 11 is 0. The molecule has 0 spiro atoms. The third-order valence-electron chi connectivity index (χ3n) is 3.92. The Morgan fingerprint density at radius 1 is 1.08 bits per heavy atom. The molecule has 1 N–H and O–H groups in total. The summed E-state index contributed by atoms with van der Waals surface area (Å²) in [6.45, 7) is 6.12. The highest BCUT2D eigenvalue weighted by molar-refractivity contribution is 5.91. The molecular formula is C21H23N3O. The molecule has 0 radical (unpaired) electrons. The second-order valence-corrected chi connectivity index (χ2v) is 6.67. The van der Waals surface area contributed by atoms with Crippen molar-refractivity contribution in [1.29, 1.82) is 0 Å². The number of rotatable bonds is 5. The van der Waals surface area contributed by atoms with E-state index in [0.717, 1.165) is 16.9 Å². The second-order valence-electron chi connectivity index (χ2n) is 6.67. The molecular weight excluding hydrogens is 310 g/mol. The first-order chi connectivity index (χ1) is 12.0. The smallest absolute Gasteiger partial charge is 0.225 e. The Balaban J connectivity index is 2.00. The maximum atomic E-state index is 12.3. The van der Waals surface area contributed by atoms with E-state index < -0.39 is 0 Å². The number of hydrogen-bond donors (Lipinski definition) is 1. The molecule has 1 aromatic heterocycles.